The molecule has 8 heteroatoms. The third-order valence-corrected chi connectivity index (χ3v) is 5.99. The van der Waals surface area contributed by atoms with Gasteiger partial charge in [0.2, 0.25) is 0 Å². The number of nitrogens with zero attached hydrogens (tertiary/aromatic N) is 2. The number of benzene rings is 2. The van der Waals surface area contributed by atoms with Crippen molar-refractivity contribution in [2.45, 2.75) is 26.6 Å². The second-order valence-corrected chi connectivity index (χ2v) is 8.75. The summed E-state index contributed by atoms with van der Waals surface area (Å²) < 4.78 is 11.4. The number of carbonyl (C=O) groups excluding carboxylic acids is 2. The van der Waals surface area contributed by atoms with Crippen LogP contribution in [0.4, 0.5) is 0 Å². The Balaban J connectivity index is 1.51. The van der Waals surface area contributed by atoms with Crippen LogP contribution in [-0.2, 0) is 19.7 Å². The highest BCUT2D eigenvalue weighted by Crippen LogP contribution is 2.20. The van der Waals surface area contributed by atoms with E-state index < -0.39 is 0 Å². The van der Waals surface area contributed by atoms with E-state index in [2.05, 4.69) is 10.3 Å². The molecule has 0 aliphatic carbocycles. The highest BCUT2D eigenvalue weighted by molar-refractivity contribution is 7.09. The van der Waals surface area contributed by atoms with Crippen molar-refractivity contribution < 1.29 is 18.7 Å². The molecule has 4 rings (SSSR count). The molecule has 0 radical (unpaired) electrons. The highest BCUT2D eigenvalue weighted by atomic mass is 32.1. The van der Waals surface area contributed by atoms with Crippen LogP contribution in [-0.4, -0.2) is 28.7 Å². The molecule has 0 saturated heterocycles. The Labute approximate surface area is 202 Å². The van der Waals surface area contributed by atoms with Crippen LogP contribution in [0.15, 0.2) is 76.7 Å². The van der Waals surface area contributed by atoms with E-state index in [9.17, 15) is 9.59 Å². The Morgan fingerprint density at radius 1 is 1.06 bits per heavy atom. The fourth-order valence-electron chi connectivity index (χ4n) is 3.45. The normalized spacial score (nSPS) is 10.6. The minimum Gasteiger partial charge on any atom is -0.487 e. The number of aryl methyl sites for hydroxylation is 1. The summed E-state index contributed by atoms with van der Waals surface area (Å²) in [6.45, 7) is 2.96. The van der Waals surface area contributed by atoms with Crippen molar-refractivity contribution in [2.24, 2.45) is 0 Å². The Morgan fingerprint density at radius 3 is 2.56 bits per heavy atom. The summed E-state index contributed by atoms with van der Waals surface area (Å²) in [4.78, 5) is 31.4. The highest BCUT2D eigenvalue weighted by Gasteiger charge is 2.19. The average Bonchev–Trinajstić information content (AvgIpc) is 3.53. The number of ether oxygens (including phenoxy) is 1. The smallest absolute Gasteiger partial charge is 0.254 e. The molecule has 7 nitrogen and oxygen atoms in total. The third kappa shape index (κ3) is 5.90. The Morgan fingerprint density at radius 2 is 1.88 bits per heavy atom. The van der Waals surface area contributed by atoms with Gasteiger partial charge in [0.05, 0.1) is 23.5 Å². The quantitative estimate of drug-likeness (QED) is 0.375. The summed E-state index contributed by atoms with van der Waals surface area (Å²) in [5.41, 5.74) is 2.84. The molecule has 0 atom stereocenters. The SMILES string of the molecule is CNC(=O)c1ccc(CN(Cc2ccco2)C(=O)c2cccc(OCc3csc(C)n3)c2)cc1. The number of thiazole rings is 1. The monoisotopic (exact) mass is 475 g/mol. The molecule has 0 fully saturated rings. The minimum atomic E-state index is -0.153. The molecule has 2 amide bonds. The molecule has 2 heterocycles. The van der Waals surface area contributed by atoms with Crippen molar-refractivity contribution in [3.05, 3.63) is 105 Å². The first kappa shape index (κ1) is 23.3. The van der Waals surface area contributed by atoms with E-state index in [1.165, 1.54) is 0 Å². The van der Waals surface area contributed by atoms with E-state index >= 15 is 0 Å². The standard InChI is InChI=1S/C26H25N3O4S/c1-18-28-22(17-34-18)16-33-23-6-3-5-21(13-23)26(31)29(15-24-7-4-12-32-24)14-19-8-10-20(11-9-19)25(30)27-2/h3-13,17H,14-16H2,1-2H3,(H,27,30). The Kier molecular flexibility index (Phi) is 7.39. The van der Waals surface area contributed by atoms with E-state index in [1.807, 2.05) is 36.6 Å². The molecule has 0 unspecified atom stereocenters. The number of rotatable bonds is 9. The maximum Gasteiger partial charge on any atom is 0.254 e. The summed E-state index contributed by atoms with van der Waals surface area (Å²) in [7, 11) is 1.59. The molecule has 174 valence electrons. The zero-order valence-electron chi connectivity index (χ0n) is 19.0. The van der Waals surface area contributed by atoms with Crippen LogP contribution < -0.4 is 10.1 Å². The first-order valence-electron chi connectivity index (χ1n) is 10.8. The van der Waals surface area contributed by atoms with Crippen LogP contribution in [0.2, 0.25) is 0 Å². The van der Waals surface area contributed by atoms with Gasteiger partial charge in [0, 0.05) is 30.1 Å². The number of hydrogen-bond donors (Lipinski definition) is 1. The zero-order chi connectivity index (χ0) is 23.9. The molecule has 4 aromatic rings. The fourth-order valence-corrected chi connectivity index (χ4v) is 4.05. The van der Waals surface area contributed by atoms with Crippen LogP contribution in [0.1, 0.15) is 42.7 Å². The summed E-state index contributed by atoms with van der Waals surface area (Å²) in [6.07, 6.45) is 1.59. The fraction of sp³-hybridized carbons (Fsp3) is 0.192. The van der Waals surface area contributed by atoms with Gasteiger partial charge in [0.15, 0.2) is 0 Å². The predicted molar refractivity (Wildman–Crippen MR) is 130 cm³/mol. The molecule has 2 aromatic carbocycles. The Bertz CT molecular complexity index is 1250. The van der Waals surface area contributed by atoms with Crippen LogP contribution >= 0.6 is 11.3 Å². The molecule has 0 spiro atoms. The van der Waals surface area contributed by atoms with Gasteiger partial charge >= 0.3 is 0 Å². The predicted octanol–water partition coefficient (Wildman–Crippen LogP) is 4.83. The van der Waals surface area contributed by atoms with Crippen molar-refractivity contribution >= 4 is 23.2 Å². The van der Waals surface area contributed by atoms with Gasteiger partial charge in [-0.25, -0.2) is 4.98 Å². The lowest BCUT2D eigenvalue weighted by molar-refractivity contribution is 0.0717. The van der Waals surface area contributed by atoms with Crippen LogP contribution in [0.3, 0.4) is 0 Å². The largest absolute Gasteiger partial charge is 0.487 e. The molecule has 2 aromatic heterocycles. The minimum absolute atomic E-state index is 0.151. The van der Waals surface area contributed by atoms with Gasteiger partial charge < -0.3 is 19.4 Å². The van der Waals surface area contributed by atoms with Gasteiger partial charge in [-0.3, -0.25) is 9.59 Å². The number of furan rings is 1. The molecule has 0 aliphatic heterocycles. The van der Waals surface area contributed by atoms with Crippen LogP contribution in [0.25, 0.3) is 0 Å². The maximum atomic E-state index is 13.5. The summed E-state index contributed by atoms with van der Waals surface area (Å²) in [5, 5.41) is 5.56. The van der Waals surface area contributed by atoms with E-state index in [0.29, 0.717) is 42.3 Å². The van der Waals surface area contributed by atoms with Crippen molar-refractivity contribution in [1.82, 2.24) is 15.2 Å². The lowest BCUT2D eigenvalue weighted by Gasteiger charge is -2.22. The van der Waals surface area contributed by atoms with E-state index in [1.54, 1.807) is 65.9 Å². The van der Waals surface area contributed by atoms with E-state index in [-0.39, 0.29) is 11.8 Å². The molecule has 0 aliphatic rings. The van der Waals surface area contributed by atoms with Crippen LogP contribution in [0, 0.1) is 6.92 Å². The first-order chi connectivity index (χ1) is 16.5. The van der Waals surface area contributed by atoms with Crippen molar-refractivity contribution in [2.75, 3.05) is 7.05 Å². The Hall–Kier alpha value is -3.91. The number of aromatic nitrogens is 1. The molecule has 34 heavy (non-hydrogen) atoms. The number of carbonyl (C=O) groups is 2. The second-order valence-electron chi connectivity index (χ2n) is 7.69. The molecule has 0 saturated carbocycles. The zero-order valence-corrected chi connectivity index (χ0v) is 19.8. The van der Waals surface area contributed by atoms with E-state index in [0.717, 1.165) is 16.3 Å². The number of amides is 2. The van der Waals surface area contributed by atoms with Gasteiger partial charge in [-0.2, -0.15) is 0 Å². The van der Waals surface area contributed by atoms with Gasteiger partial charge in [0.1, 0.15) is 18.1 Å². The summed E-state index contributed by atoms with van der Waals surface area (Å²) in [6, 6.07) is 18.0. The van der Waals surface area contributed by atoms with Gasteiger partial charge in [-0.1, -0.05) is 18.2 Å². The summed E-state index contributed by atoms with van der Waals surface area (Å²) >= 11 is 1.57. The molecular formula is C26H25N3O4S. The maximum absolute atomic E-state index is 13.5. The third-order valence-electron chi connectivity index (χ3n) is 5.16. The van der Waals surface area contributed by atoms with Gasteiger partial charge in [-0.15, -0.1) is 11.3 Å². The first-order valence-corrected chi connectivity index (χ1v) is 11.7. The number of hydrogen-bond acceptors (Lipinski definition) is 6. The average molecular weight is 476 g/mol. The van der Waals surface area contributed by atoms with Crippen molar-refractivity contribution in [1.29, 1.82) is 0 Å². The number of nitrogens with one attached hydrogen (secondary N) is 1. The molecule has 0 bridgehead atoms. The lowest BCUT2D eigenvalue weighted by atomic mass is 10.1. The second kappa shape index (κ2) is 10.8. The van der Waals surface area contributed by atoms with Crippen molar-refractivity contribution in [3.63, 3.8) is 0 Å². The van der Waals surface area contributed by atoms with Gasteiger partial charge in [-0.05, 0) is 55.0 Å². The van der Waals surface area contributed by atoms with Crippen LogP contribution in [0.5, 0.6) is 5.75 Å². The lowest BCUT2D eigenvalue weighted by Crippen LogP contribution is -2.30. The van der Waals surface area contributed by atoms with Crippen molar-refractivity contribution in [3.8, 4) is 5.75 Å². The molecular weight excluding hydrogens is 450 g/mol. The topological polar surface area (TPSA) is 84.7 Å². The van der Waals surface area contributed by atoms with Gasteiger partial charge in [0.25, 0.3) is 11.8 Å². The summed E-state index contributed by atoms with van der Waals surface area (Å²) in [5.74, 6) is 0.979. The van der Waals surface area contributed by atoms with E-state index in [4.69, 9.17) is 9.15 Å². The molecule has 1 N–H and O–H groups in total.